The Morgan fingerprint density at radius 1 is 1.62 bits per heavy atom. The molecule has 1 atom stereocenters. The summed E-state index contributed by atoms with van der Waals surface area (Å²) in [7, 11) is 0. The lowest BCUT2D eigenvalue weighted by atomic mass is 9.96. The van der Waals surface area contributed by atoms with E-state index in [-0.39, 0.29) is 18.9 Å². The summed E-state index contributed by atoms with van der Waals surface area (Å²) in [5.41, 5.74) is 0.633. The molecule has 0 saturated carbocycles. The van der Waals surface area contributed by atoms with Gasteiger partial charge in [0.25, 0.3) is 5.92 Å². The van der Waals surface area contributed by atoms with Crippen LogP contribution in [0.5, 0.6) is 0 Å². The third-order valence-corrected chi connectivity index (χ3v) is 2.56. The molecule has 0 aromatic heterocycles. The average molecular weight is 234 g/mol. The van der Waals surface area contributed by atoms with Gasteiger partial charge in [0.15, 0.2) is 0 Å². The molecule has 0 spiro atoms. The van der Waals surface area contributed by atoms with Crippen molar-refractivity contribution in [2.24, 2.45) is 0 Å². The molecule has 0 bridgehead atoms. The van der Waals surface area contributed by atoms with Crippen LogP contribution in [-0.4, -0.2) is 29.7 Å². The zero-order chi connectivity index (χ0) is 12.2. The highest BCUT2D eigenvalue weighted by Gasteiger charge is 2.29. The Bertz CT molecular complexity index is 287. The van der Waals surface area contributed by atoms with E-state index in [4.69, 9.17) is 9.84 Å². The topological polar surface area (TPSA) is 46.5 Å². The summed E-state index contributed by atoms with van der Waals surface area (Å²) < 4.78 is 31.5. The molecule has 0 saturated heterocycles. The first-order chi connectivity index (χ1) is 7.39. The summed E-state index contributed by atoms with van der Waals surface area (Å²) in [6.45, 7) is 1.24. The van der Waals surface area contributed by atoms with Crippen molar-refractivity contribution in [3.8, 4) is 0 Å². The van der Waals surface area contributed by atoms with Crippen LogP contribution in [0.3, 0.4) is 0 Å². The lowest BCUT2D eigenvalue weighted by Crippen LogP contribution is -2.24. The first-order valence-electron chi connectivity index (χ1n) is 5.28. The number of allylic oxidation sites excluding steroid dienone is 2. The van der Waals surface area contributed by atoms with Crippen LogP contribution in [-0.2, 0) is 9.53 Å². The smallest absolute Gasteiger partial charge is 0.329 e. The Morgan fingerprint density at radius 2 is 2.31 bits per heavy atom. The third kappa shape index (κ3) is 4.70. The van der Waals surface area contributed by atoms with Gasteiger partial charge in [-0.1, -0.05) is 5.57 Å². The number of rotatable bonds is 3. The van der Waals surface area contributed by atoms with E-state index in [2.05, 4.69) is 0 Å². The number of hydrogen-bond donors (Lipinski definition) is 1. The molecular weight excluding hydrogens is 218 g/mol. The SMILES string of the molecule is CC1=CC(F)(F)CCC(OCC(=O)O)CC1. The quantitative estimate of drug-likeness (QED) is 0.763. The van der Waals surface area contributed by atoms with Crippen LogP contribution in [0.4, 0.5) is 8.78 Å². The summed E-state index contributed by atoms with van der Waals surface area (Å²) in [6, 6.07) is 0. The summed E-state index contributed by atoms with van der Waals surface area (Å²) in [4.78, 5) is 10.3. The fraction of sp³-hybridized carbons (Fsp3) is 0.727. The van der Waals surface area contributed by atoms with Crippen molar-refractivity contribution < 1.29 is 23.4 Å². The number of carboxylic acids is 1. The predicted octanol–water partition coefficient (Wildman–Crippen LogP) is 2.61. The van der Waals surface area contributed by atoms with Gasteiger partial charge in [0.05, 0.1) is 6.10 Å². The fourth-order valence-electron chi connectivity index (χ4n) is 1.75. The Labute approximate surface area is 93.1 Å². The largest absolute Gasteiger partial charge is 0.480 e. The molecule has 0 aromatic rings. The Morgan fingerprint density at radius 3 is 2.94 bits per heavy atom. The van der Waals surface area contributed by atoms with Gasteiger partial charge in [-0.2, -0.15) is 0 Å². The van der Waals surface area contributed by atoms with Gasteiger partial charge in [0, 0.05) is 6.42 Å². The number of carbonyl (C=O) groups is 1. The molecule has 5 heteroatoms. The number of halogens is 2. The molecule has 1 aliphatic rings. The molecule has 1 rings (SSSR count). The number of alkyl halides is 2. The van der Waals surface area contributed by atoms with Gasteiger partial charge in [-0.3, -0.25) is 0 Å². The highest BCUT2D eigenvalue weighted by Crippen LogP contribution is 2.30. The van der Waals surface area contributed by atoms with Crippen molar-refractivity contribution in [2.45, 2.75) is 44.6 Å². The Kier molecular flexibility index (Phi) is 4.41. The van der Waals surface area contributed by atoms with E-state index in [0.29, 0.717) is 18.4 Å². The van der Waals surface area contributed by atoms with Gasteiger partial charge in [-0.15, -0.1) is 0 Å². The van der Waals surface area contributed by atoms with Gasteiger partial charge in [0.2, 0.25) is 0 Å². The van der Waals surface area contributed by atoms with Crippen LogP contribution < -0.4 is 0 Å². The minimum atomic E-state index is -2.80. The zero-order valence-electron chi connectivity index (χ0n) is 9.21. The molecule has 16 heavy (non-hydrogen) atoms. The van der Waals surface area contributed by atoms with Crippen LogP contribution in [0.25, 0.3) is 0 Å². The fourth-order valence-corrected chi connectivity index (χ4v) is 1.75. The molecular formula is C11H16F2O3. The van der Waals surface area contributed by atoms with Crippen LogP contribution in [0.2, 0.25) is 0 Å². The van der Waals surface area contributed by atoms with E-state index in [1.807, 2.05) is 0 Å². The number of hydrogen-bond acceptors (Lipinski definition) is 2. The van der Waals surface area contributed by atoms with Crippen molar-refractivity contribution in [3.63, 3.8) is 0 Å². The van der Waals surface area contributed by atoms with E-state index in [0.717, 1.165) is 6.08 Å². The second-order valence-electron chi connectivity index (χ2n) is 4.16. The van der Waals surface area contributed by atoms with Crippen molar-refractivity contribution in [3.05, 3.63) is 11.6 Å². The van der Waals surface area contributed by atoms with Crippen molar-refractivity contribution in [1.29, 1.82) is 0 Å². The summed E-state index contributed by atoms with van der Waals surface area (Å²) in [5.74, 6) is -3.86. The Hall–Kier alpha value is -0.970. The summed E-state index contributed by atoms with van der Waals surface area (Å²) >= 11 is 0. The second kappa shape index (κ2) is 5.39. The molecule has 0 aromatic carbocycles. The summed E-state index contributed by atoms with van der Waals surface area (Å²) in [5, 5.41) is 8.44. The van der Waals surface area contributed by atoms with Gasteiger partial charge >= 0.3 is 5.97 Å². The molecule has 0 fully saturated rings. The first-order valence-corrected chi connectivity index (χ1v) is 5.28. The number of aliphatic carboxylic acids is 1. The maximum absolute atomic E-state index is 13.2. The Balaban J connectivity index is 2.53. The van der Waals surface area contributed by atoms with Crippen LogP contribution in [0, 0.1) is 0 Å². The van der Waals surface area contributed by atoms with Gasteiger partial charge < -0.3 is 9.84 Å². The molecule has 3 nitrogen and oxygen atoms in total. The maximum Gasteiger partial charge on any atom is 0.329 e. The molecule has 1 unspecified atom stereocenters. The third-order valence-electron chi connectivity index (χ3n) is 2.56. The minimum Gasteiger partial charge on any atom is -0.480 e. The molecule has 1 aliphatic carbocycles. The molecule has 0 aliphatic heterocycles. The van der Waals surface area contributed by atoms with Gasteiger partial charge in [-0.05, 0) is 32.3 Å². The lowest BCUT2D eigenvalue weighted by molar-refractivity contribution is -0.144. The van der Waals surface area contributed by atoms with E-state index in [1.54, 1.807) is 6.92 Å². The van der Waals surface area contributed by atoms with Crippen molar-refractivity contribution in [1.82, 2.24) is 0 Å². The van der Waals surface area contributed by atoms with Gasteiger partial charge in [-0.25, -0.2) is 13.6 Å². The van der Waals surface area contributed by atoms with Gasteiger partial charge in [0.1, 0.15) is 6.61 Å². The molecule has 1 N–H and O–H groups in total. The van der Waals surface area contributed by atoms with E-state index < -0.39 is 18.5 Å². The normalized spacial score (nSPS) is 25.4. The van der Waals surface area contributed by atoms with E-state index in [1.165, 1.54) is 0 Å². The number of ether oxygens (including phenoxy) is 1. The molecule has 0 radical (unpaired) electrons. The highest BCUT2D eigenvalue weighted by molar-refractivity contribution is 5.68. The monoisotopic (exact) mass is 234 g/mol. The zero-order valence-corrected chi connectivity index (χ0v) is 9.21. The first kappa shape index (κ1) is 13.1. The van der Waals surface area contributed by atoms with Crippen LogP contribution in [0.15, 0.2) is 11.6 Å². The average Bonchev–Trinajstić information content (AvgIpc) is 2.13. The molecule has 92 valence electrons. The maximum atomic E-state index is 13.2. The van der Waals surface area contributed by atoms with Crippen LogP contribution in [0.1, 0.15) is 32.6 Å². The standard InChI is InChI=1S/C11H16F2O3/c1-8-2-3-9(16-7-10(14)15)4-5-11(12,13)6-8/h6,9H,2-5,7H2,1H3,(H,14,15). The number of carboxylic acid groups (broad SMARTS) is 1. The van der Waals surface area contributed by atoms with Crippen molar-refractivity contribution in [2.75, 3.05) is 6.61 Å². The minimum absolute atomic E-state index is 0.198. The molecule has 0 heterocycles. The second-order valence-corrected chi connectivity index (χ2v) is 4.16. The van der Waals surface area contributed by atoms with Crippen LogP contribution >= 0.6 is 0 Å². The van der Waals surface area contributed by atoms with E-state index in [9.17, 15) is 13.6 Å². The van der Waals surface area contributed by atoms with Crippen molar-refractivity contribution >= 4 is 5.97 Å². The summed E-state index contributed by atoms with van der Waals surface area (Å²) in [6.07, 6.45) is 1.66. The lowest BCUT2D eigenvalue weighted by Gasteiger charge is -2.23. The van der Waals surface area contributed by atoms with E-state index >= 15 is 0 Å². The molecule has 0 amide bonds. The predicted molar refractivity (Wildman–Crippen MR) is 54.5 cm³/mol. The highest BCUT2D eigenvalue weighted by atomic mass is 19.3.